The normalized spacial score (nSPS) is 20.8. The van der Waals surface area contributed by atoms with E-state index in [0.29, 0.717) is 0 Å². The zero-order chi connectivity index (χ0) is 6.69. The Kier molecular flexibility index (Phi) is 2.21. The summed E-state index contributed by atoms with van der Waals surface area (Å²) in [5, 5.41) is 1.52. The predicted octanol–water partition coefficient (Wildman–Crippen LogP) is -0.843. The Hall–Kier alpha value is -0.390. The standard InChI is InChI=1S/C4H8N2O2S/c7-9(8)4-6-3-1-2-5-6/h1,3,5H,2,4H2,(H,7,8)/p-1. The minimum Gasteiger partial charge on any atom is -0.771 e. The van der Waals surface area contributed by atoms with Gasteiger partial charge in [-0.05, 0) is 11.1 Å². The van der Waals surface area contributed by atoms with Gasteiger partial charge in [0.15, 0.2) is 0 Å². The molecule has 0 bridgehead atoms. The van der Waals surface area contributed by atoms with E-state index in [0.717, 1.165) is 6.54 Å². The third kappa shape index (κ3) is 2.13. The third-order valence-electron chi connectivity index (χ3n) is 0.942. The maximum absolute atomic E-state index is 10.0. The molecular formula is C4H7N2O2S-. The van der Waals surface area contributed by atoms with Gasteiger partial charge in [0.05, 0.1) is 5.88 Å². The van der Waals surface area contributed by atoms with E-state index in [1.807, 2.05) is 6.08 Å². The van der Waals surface area contributed by atoms with Gasteiger partial charge >= 0.3 is 0 Å². The van der Waals surface area contributed by atoms with Crippen LogP contribution in [0.2, 0.25) is 0 Å². The lowest BCUT2D eigenvalue weighted by Gasteiger charge is -2.16. The largest absolute Gasteiger partial charge is 0.771 e. The highest BCUT2D eigenvalue weighted by Gasteiger charge is 2.00. The highest BCUT2D eigenvalue weighted by molar-refractivity contribution is 7.79. The fraction of sp³-hybridized carbons (Fsp3) is 0.500. The van der Waals surface area contributed by atoms with E-state index < -0.39 is 11.1 Å². The fourth-order valence-electron chi connectivity index (χ4n) is 0.605. The molecule has 0 radical (unpaired) electrons. The Labute approximate surface area is 55.8 Å². The van der Waals surface area contributed by atoms with E-state index >= 15 is 0 Å². The SMILES string of the molecule is O=S([O-])CN1C=CCN1. The van der Waals surface area contributed by atoms with Crippen LogP contribution < -0.4 is 5.43 Å². The molecule has 0 aromatic rings. The summed E-state index contributed by atoms with van der Waals surface area (Å²) < 4.78 is 20.1. The van der Waals surface area contributed by atoms with Crippen molar-refractivity contribution < 1.29 is 8.76 Å². The summed E-state index contributed by atoms with van der Waals surface area (Å²) in [5.74, 6) is 0.0243. The second kappa shape index (κ2) is 2.95. The van der Waals surface area contributed by atoms with Crippen LogP contribution in [0.5, 0.6) is 0 Å². The van der Waals surface area contributed by atoms with Crippen LogP contribution in [-0.4, -0.2) is 26.2 Å². The monoisotopic (exact) mass is 147 g/mol. The van der Waals surface area contributed by atoms with E-state index in [9.17, 15) is 8.76 Å². The molecular weight excluding hydrogens is 140 g/mol. The lowest BCUT2D eigenvalue weighted by Crippen LogP contribution is -2.31. The Morgan fingerprint density at radius 3 is 3.11 bits per heavy atom. The molecule has 1 N–H and O–H groups in total. The maximum Gasteiger partial charge on any atom is 0.0958 e. The van der Waals surface area contributed by atoms with Crippen molar-refractivity contribution in [2.75, 3.05) is 12.4 Å². The molecule has 1 unspecified atom stereocenters. The Balaban J connectivity index is 2.28. The molecule has 0 saturated carbocycles. The van der Waals surface area contributed by atoms with E-state index in [4.69, 9.17) is 0 Å². The van der Waals surface area contributed by atoms with Crippen molar-refractivity contribution >= 4 is 11.1 Å². The van der Waals surface area contributed by atoms with Gasteiger partial charge in [-0.3, -0.25) is 4.21 Å². The number of rotatable bonds is 2. The second-order valence-electron chi connectivity index (χ2n) is 1.65. The van der Waals surface area contributed by atoms with Crippen LogP contribution >= 0.6 is 0 Å². The van der Waals surface area contributed by atoms with Crippen LogP contribution in [0.4, 0.5) is 0 Å². The third-order valence-corrected chi connectivity index (χ3v) is 1.43. The lowest BCUT2D eigenvalue weighted by molar-refractivity contribution is 0.345. The van der Waals surface area contributed by atoms with Gasteiger partial charge in [0.1, 0.15) is 0 Å². The average Bonchev–Trinajstić information content (AvgIpc) is 2.15. The molecule has 1 aliphatic rings. The molecule has 0 aromatic heterocycles. The number of hydrogen-bond donors (Lipinski definition) is 1. The first-order valence-electron chi connectivity index (χ1n) is 2.52. The van der Waals surface area contributed by atoms with Crippen LogP contribution in [0.3, 0.4) is 0 Å². The molecule has 1 atom stereocenters. The molecule has 0 amide bonds. The summed E-state index contributed by atoms with van der Waals surface area (Å²) in [7, 11) is 0. The lowest BCUT2D eigenvalue weighted by atomic mass is 10.7. The summed E-state index contributed by atoms with van der Waals surface area (Å²) in [4.78, 5) is 0. The average molecular weight is 147 g/mol. The van der Waals surface area contributed by atoms with Gasteiger partial charge in [-0.1, -0.05) is 6.08 Å². The van der Waals surface area contributed by atoms with Crippen molar-refractivity contribution in [3.05, 3.63) is 12.3 Å². The molecule has 1 rings (SSSR count). The quantitative estimate of drug-likeness (QED) is 0.517. The zero-order valence-electron chi connectivity index (χ0n) is 4.74. The number of nitrogens with zero attached hydrogens (tertiary/aromatic N) is 1. The first-order chi connectivity index (χ1) is 4.29. The van der Waals surface area contributed by atoms with Crippen molar-refractivity contribution in [3.8, 4) is 0 Å². The van der Waals surface area contributed by atoms with E-state index in [1.54, 1.807) is 6.20 Å². The summed E-state index contributed by atoms with van der Waals surface area (Å²) in [6.45, 7) is 0.719. The van der Waals surface area contributed by atoms with Gasteiger partial charge < -0.3 is 9.56 Å². The minimum absolute atomic E-state index is 0.0243. The van der Waals surface area contributed by atoms with Gasteiger partial charge in [-0.2, -0.15) is 0 Å². The van der Waals surface area contributed by atoms with Crippen LogP contribution in [-0.2, 0) is 11.1 Å². The van der Waals surface area contributed by atoms with Crippen molar-refractivity contribution in [2.24, 2.45) is 0 Å². The Morgan fingerprint density at radius 1 is 1.89 bits per heavy atom. The van der Waals surface area contributed by atoms with Crippen molar-refractivity contribution in [1.29, 1.82) is 0 Å². The van der Waals surface area contributed by atoms with E-state index in [2.05, 4.69) is 5.43 Å². The number of hydrazine groups is 1. The zero-order valence-corrected chi connectivity index (χ0v) is 5.56. The minimum atomic E-state index is -1.99. The number of hydrogen-bond acceptors (Lipinski definition) is 4. The molecule has 9 heavy (non-hydrogen) atoms. The van der Waals surface area contributed by atoms with Crippen LogP contribution in [0, 0.1) is 0 Å². The number of nitrogens with one attached hydrogen (secondary N) is 1. The van der Waals surface area contributed by atoms with Crippen LogP contribution in [0.15, 0.2) is 12.3 Å². The summed E-state index contributed by atoms with van der Waals surface area (Å²) in [6, 6.07) is 0. The Bertz CT molecular complexity index is 148. The topological polar surface area (TPSA) is 55.4 Å². The van der Waals surface area contributed by atoms with Gasteiger partial charge in [0, 0.05) is 12.7 Å². The summed E-state index contributed by atoms with van der Waals surface area (Å²) in [5.41, 5.74) is 2.82. The summed E-state index contributed by atoms with van der Waals surface area (Å²) in [6.07, 6.45) is 3.56. The highest BCUT2D eigenvalue weighted by Crippen LogP contribution is 1.92. The fourth-order valence-corrected chi connectivity index (χ4v) is 1.01. The van der Waals surface area contributed by atoms with Gasteiger partial charge in [-0.25, -0.2) is 5.43 Å². The molecule has 1 heterocycles. The molecule has 0 aliphatic carbocycles. The van der Waals surface area contributed by atoms with E-state index in [1.165, 1.54) is 5.01 Å². The predicted molar refractivity (Wildman–Crippen MR) is 32.8 cm³/mol. The molecule has 0 saturated heterocycles. The highest BCUT2D eigenvalue weighted by atomic mass is 32.2. The first kappa shape index (κ1) is 6.73. The van der Waals surface area contributed by atoms with Crippen molar-refractivity contribution in [2.45, 2.75) is 0 Å². The van der Waals surface area contributed by atoms with Gasteiger partial charge in [0.2, 0.25) is 0 Å². The summed E-state index contributed by atoms with van der Waals surface area (Å²) >= 11 is -1.99. The van der Waals surface area contributed by atoms with Crippen LogP contribution in [0.1, 0.15) is 0 Å². The second-order valence-corrected chi connectivity index (χ2v) is 2.52. The van der Waals surface area contributed by atoms with Gasteiger partial charge in [-0.15, -0.1) is 0 Å². The van der Waals surface area contributed by atoms with Crippen LogP contribution in [0.25, 0.3) is 0 Å². The first-order valence-corrected chi connectivity index (χ1v) is 3.76. The smallest absolute Gasteiger partial charge is 0.0958 e. The molecule has 0 fully saturated rings. The molecule has 52 valence electrons. The molecule has 0 spiro atoms. The van der Waals surface area contributed by atoms with E-state index in [-0.39, 0.29) is 5.88 Å². The molecule has 4 nitrogen and oxygen atoms in total. The molecule has 0 aromatic carbocycles. The molecule has 1 aliphatic heterocycles. The van der Waals surface area contributed by atoms with Gasteiger partial charge in [0.25, 0.3) is 0 Å². The Morgan fingerprint density at radius 2 is 2.67 bits per heavy atom. The maximum atomic E-state index is 10.0. The van der Waals surface area contributed by atoms with Crippen molar-refractivity contribution in [1.82, 2.24) is 10.4 Å². The van der Waals surface area contributed by atoms with Crippen molar-refractivity contribution in [3.63, 3.8) is 0 Å². The molecule has 5 heteroatoms.